The lowest BCUT2D eigenvalue weighted by molar-refractivity contribution is 1.07. The van der Waals surface area contributed by atoms with E-state index in [9.17, 15) is 0 Å². The van der Waals surface area contributed by atoms with E-state index in [1.807, 2.05) is 6.07 Å². The molecule has 4 nitrogen and oxygen atoms in total. The molecule has 0 aliphatic rings. The molecule has 0 unspecified atom stereocenters. The highest BCUT2D eigenvalue weighted by Crippen LogP contribution is 2.39. The van der Waals surface area contributed by atoms with Crippen LogP contribution in [0.4, 0.5) is 0 Å². The highest BCUT2D eigenvalue weighted by atomic mass is 15.1. The number of benzene rings is 8. The third-order valence-corrected chi connectivity index (χ3v) is 10.5. The Morgan fingerprint density at radius 2 is 0.885 bits per heavy atom. The Kier molecular flexibility index (Phi) is 6.22. The summed E-state index contributed by atoms with van der Waals surface area (Å²) in [5.41, 5.74) is 9.98. The molecule has 0 bridgehead atoms. The molecule has 0 aliphatic carbocycles. The molecule has 242 valence electrons. The van der Waals surface area contributed by atoms with Crippen molar-refractivity contribution in [1.82, 2.24) is 19.1 Å². The van der Waals surface area contributed by atoms with E-state index in [0.29, 0.717) is 5.82 Å². The average molecular weight is 663 g/mol. The molecule has 0 aliphatic heterocycles. The highest BCUT2D eigenvalue weighted by molar-refractivity contribution is 6.15. The summed E-state index contributed by atoms with van der Waals surface area (Å²) >= 11 is 0. The number of aromatic nitrogens is 4. The molecule has 3 heterocycles. The highest BCUT2D eigenvalue weighted by Gasteiger charge is 2.20. The molecule has 8 aromatic carbocycles. The summed E-state index contributed by atoms with van der Waals surface area (Å²) in [6, 6.07) is 64.9. The zero-order valence-corrected chi connectivity index (χ0v) is 28.1. The van der Waals surface area contributed by atoms with Gasteiger partial charge in [-0.05, 0) is 76.5 Å². The summed E-state index contributed by atoms with van der Waals surface area (Å²) in [6.45, 7) is 0. The Morgan fingerprint density at radius 1 is 0.327 bits per heavy atom. The van der Waals surface area contributed by atoms with Gasteiger partial charge in [-0.25, -0.2) is 9.97 Å². The standard InChI is InChI=1S/C48H30N4/c1-2-12-31(13-3-1)32-22-24-33(25-23-32)47-49-42-19-9-6-18-39(42)48(50-47)52-45-27-26-36(30-41(45)40-28-34-14-4-5-15-35(34)29-46(40)52)51-43-20-10-7-16-37(43)38-17-8-11-21-44(38)51/h1-30H. The number of fused-ring (bicyclic) bond motifs is 8. The molecular formula is C48H30N4. The van der Waals surface area contributed by atoms with E-state index in [-0.39, 0.29) is 0 Å². The summed E-state index contributed by atoms with van der Waals surface area (Å²) in [5, 5.41) is 8.28. The fourth-order valence-electron chi connectivity index (χ4n) is 8.06. The number of hydrogen-bond donors (Lipinski definition) is 0. The molecule has 11 aromatic rings. The van der Waals surface area contributed by atoms with Gasteiger partial charge in [-0.3, -0.25) is 4.57 Å². The maximum Gasteiger partial charge on any atom is 0.162 e. The van der Waals surface area contributed by atoms with E-state index in [4.69, 9.17) is 9.97 Å². The number of nitrogens with zero attached hydrogens (tertiary/aromatic N) is 4. The van der Waals surface area contributed by atoms with Crippen LogP contribution in [0.25, 0.3) is 99.3 Å². The van der Waals surface area contributed by atoms with Crippen molar-refractivity contribution in [3.8, 4) is 34.0 Å². The summed E-state index contributed by atoms with van der Waals surface area (Å²) in [6.07, 6.45) is 0. The van der Waals surface area contributed by atoms with Gasteiger partial charge in [-0.2, -0.15) is 0 Å². The fourth-order valence-corrected chi connectivity index (χ4v) is 8.06. The molecular weight excluding hydrogens is 633 g/mol. The minimum absolute atomic E-state index is 0.700. The van der Waals surface area contributed by atoms with E-state index >= 15 is 0 Å². The first kappa shape index (κ1) is 28.8. The Hall–Kier alpha value is -7.04. The molecule has 0 radical (unpaired) electrons. The lowest BCUT2D eigenvalue weighted by atomic mass is 10.0. The Bertz CT molecular complexity index is 3120. The van der Waals surface area contributed by atoms with Crippen LogP contribution in [0.2, 0.25) is 0 Å². The minimum Gasteiger partial charge on any atom is -0.309 e. The van der Waals surface area contributed by atoms with Gasteiger partial charge in [-0.1, -0.05) is 127 Å². The summed E-state index contributed by atoms with van der Waals surface area (Å²) in [5.74, 6) is 1.57. The quantitative estimate of drug-likeness (QED) is 0.188. The topological polar surface area (TPSA) is 35.6 Å². The largest absolute Gasteiger partial charge is 0.309 e. The third kappa shape index (κ3) is 4.34. The van der Waals surface area contributed by atoms with Crippen molar-refractivity contribution >= 4 is 65.3 Å². The first-order chi connectivity index (χ1) is 25.8. The fraction of sp³-hybridized carbons (Fsp3) is 0. The third-order valence-electron chi connectivity index (χ3n) is 10.5. The first-order valence-corrected chi connectivity index (χ1v) is 17.7. The first-order valence-electron chi connectivity index (χ1n) is 17.7. The van der Waals surface area contributed by atoms with E-state index in [2.05, 4.69) is 185 Å². The molecule has 11 rings (SSSR count). The predicted molar refractivity (Wildman–Crippen MR) is 217 cm³/mol. The van der Waals surface area contributed by atoms with Gasteiger partial charge >= 0.3 is 0 Å². The second kappa shape index (κ2) is 11.2. The van der Waals surface area contributed by atoms with Crippen molar-refractivity contribution in [3.63, 3.8) is 0 Å². The molecule has 52 heavy (non-hydrogen) atoms. The van der Waals surface area contributed by atoms with Crippen molar-refractivity contribution in [2.45, 2.75) is 0 Å². The number of rotatable bonds is 4. The van der Waals surface area contributed by atoms with E-state index in [1.165, 1.54) is 54.5 Å². The van der Waals surface area contributed by atoms with Gasteiger partial charge < -0.3 is 4.57 Å². The molecule has 3 aromatic heterocycles. The zero-order chi connectivity index (χ0) is 34.2. The van der Waals surface area contributed by atoms with Crippen molar-refractivity contribution in [2.24, 2.45) is 0 Å². The van der Waals surface area contributed by atoms with Crippen molar-refractivity contribution in [2.75, 3.05) is 0 Å². The van der Waals surface area contributed by atoms with E-state index in [0.717, 1.165) is 39.0 Å². The van der Waals surface area contributed by atoms with Crippen LogP contribution in [0.15, 0.2) is 182 Å². The predicted octanol–water partition coefficient (Wildman–Crippen LogP) is 12.3. The van der Waals surface area contributed by atoms with Crippen LogP contribution in [0.1, 0.15) is 0 Å². The minimum atomic E-state index is 0.700. The van der Waals surface area contributed by atoms with Crippen molar-refractivity contribution in [1.29, 1.82) is 0 Å². The summed E-state index contributed by atoms with van der Waals surface area (Å²) in [4.78, 5) is 10.5. The van der Waals surface area contributed by atoms with Crippen LogP contribution in [0, 0.1) is 0 Å². The molecule has 0 amide bonds. The number of para-hydroxylation sites is 3. The van der Waals surface area contributed by atoms with Crippen LogP contribution in [-0.4, -0.2) is 19.1 Å². The molecule has 0 spiro atoms. The number of hydrogen-bond acceptors (Lipinski definition) is 2. The monoisotopic (exact) mass is 662 g/mol. The Labute approximate surface area is 299 Å². The Balaban J connectivity index is 1.19. The maximum atomic E-state index is 5.40. The van der Waals surface area contributed by atoms with Gasteiger partial charge in [0.15, 0.2) is 5.82 Å². The summed E-state index contributed by atoms with van der Waals surface area (Å²) in [7, 11) is 0. The Morgan fingerprint density at radius 3 is 1.63 bits per heavy atom. The van der Waals surface area contributed by atoms with Gasteiger partial charge in [-0.15, -0.1) is 0 Å². The average Bonchev–Trinajstić information content (AvgIpc) is 3.72. The van der Waals surface area contributed by atoms with Crippen molar-refractivity contribution in [3.05, 3.63) is 182 Å². The van der Waals surface area contributed by atoms with Crippen LogP contribution in [0.5, 0.6) is 0 Å². The molecule has 0 saturated heterocycles. The van der Waals surface area contributed by atoms with Gasteiger partial charge in [0.2, 0.25) is 0 Å². The molecule has 0 fully saturated rings. The summed E-state index contributed by atoms with van der Waals surface area (Å²) < 4.78 is 4.74. The smallest absolute Gasteiger partial charge is 0.162 e. The van der Waals surface area contributed by atoms with E-state index in [1.54, 1.807) is 0 Å². The van der Waals surface area contributed by atoms with E-state index < -0.39 is 0 Å². The van der Waals surface area contributed by atoms with Crippen LogP contribution < -0.4 is 0 Å². The van der Waals surface area contributed by atoms with Gasteiger partial charge in [0.1, 0.15) is 5.82 Å². The van der Waals surface area contributed by atoms with Gasteiger partial charge in [0.05, 0.1) is 27.6 Å². The maximum absolute atomic E-state index is 5.40. The second-order valence-corrected chi connectivity index (χ2v) is 13.5. The zero-order valence-electron chi connectivity index (χ0n) is 28.1. The molecule has 0 saturated carbocycles. The molecule has 4 heteroatoms. The van der Waals surface area contributed by atoms with Crippen LogP contribution in [0.3, 0.4) is 0 Å². The van der Waals surface area contributed by atoms with Crippen molar-refractivity contribution < 1.29 is 0 Å². The van der Waals surface area contributed by atoms with Gasteiger partial charge in [0, 0.05) is 38.2 Å². The SMILES string of the molecule is c1ccc(-c2ccc(-c3nc(-n4c5ccc(-n6c7ccccc7c7ccccc76)cc5c5cc6ccccc6cc54)c4ccccc4n3)cc2)cc1. The van der Waals surface area contributed by atoms with Crippen LogP contribution in [-0.2, 0) is 0 Å². The van der Waals surface area contributed by atoms with Crippen LogP contribution >= 0.6 is 0 Å². The normalized spacial score (nSPS) is 11.8. The second-order valence-electron chi connectivity index (χ2n) is 13.5. The lowest BCUT2D eigenvalue weighted by Crippen LogP contribution is -2.03. The molecule has 0 atom stereocenters. The lowest BCUT2D eigenvalue weighted by Gasteiger charge is -2.13. The van der Waals surface area contributed by atoms with Gasteiger partial charge in [0.25, 0.3) is 0 Å². The molecule has 0 N–H and O–H groups in total.